The van der Waals surface area contributed by atoms with Crippen LogP contribution in [-0.4, -0.2) is 22.9 Å². The number of rotatable bonds is 3. The quantitative estimate of drug-likeness (QED) is 0.536. The predicted molar refractivity (Wildman–Crippen MR) is 85.7 cm³/mol. The summed E-state index contributed by atoms with van der Waals surface area (Å²) in [6.45, 7) is 0. The van der Waals surface area contributed by atoms with Crippen LogP contribution in [0.1, 0.15) is 11.3 Å². The van der Waals surface area contributed by atoms with Gasteiger partial charge in [0.05, 0.1) is 15.6 Å². The lowest BCUT2D eigenvalue weighted by molar-refractivity contribution is -0.137. The fraction of sp³-hybridized carbons (Fsp3) is 0.167. The van der Waals surface area contributed by atoms with Crippen LogP contribution in [0, 0.1) is 11.3 Å². The number of benzene rings is 1. The summed E-state index contributed by atoms with van der Waals surface area (Å²) >= 11 is 16.0. The molecule has 2 N–H and O–H groups in total. The number of hydrogen-bond acceptors (Lipinski definition) is 5. The molecule has 2 rings (SSSR count). The Morgan fingerprint density at radius 2 is 1.63 bits per heavy atom. The van der Waals surface area contributed by atoms with Gasteiger partial charge in [0, 0.05) is 0 Å². The number of nitrogen functional groups attached to an aromatic ring is 1. The van der Waals surface area contributed by atoms with E-state index in [4.69, 9.17) is 34.2 Å². The zero-order valence-electron chi connectivity index (χ0n) is 12.3. The third-order valence-corrected chi connectivity index (χ3v) is 5.85. The molecule has 0 aliphatic rings. The lowest BCUT2D eigenvalue weighted by atomic mass is 10.2. The van der Waals surface area contributed by atoms with Crippen LogP contribution in [0.25, 0.3) is 5.69 Å². The van der Waals surface area contributed by atoms with Crippen molar-refractivity contribution < 1.29 is 30.4 Å². The highest BCUT2D eigenvalue weighted by atomic mass is 35.5. The van der Waals surface area contributed by atoms with Crippen molar-refractivity contribution in [2.75, 3.05) is 5.73 Å². The molecule has 0 fully saturated rings. The normalized spacial score (nSPS) is 12.9. The van der Waals surface area contributed by atoms with Crippen molar-refractivity contribution in [3.8, 4) is 11.8 Å². The van der Waals surface area contributed by atoms with E-state index in [2.05, 4.69) is 16.7 Å². The number of nitrogens with two attached hydrogens (primary N) is 1. The Labute approximate surface area is 162 Å². The Bertz CT molecular complexity index is 1050. The summed E-state index contributed by atoms with van der Waals surface area (Å²) < 4.78 is 84.1. The van der Waals surface area contributed by atoms with Gasteiger partial charge >= 0.3 is 10.9 Å². The Morgan fingerprint density at radius 1 is 1.15 bits per heavy atom. The SMILES string of the molecule is N#Cc1nn(-c2c(Cl)cc(C(F)(F)F)cc2Cl)c(N)c1S(=O)(=O)C(F)(F)Cl. The summed E-state index contributed by atoms with van der Waals surface area (Å²) in [7, 11) is -5.66. The van der Waals surface area contributed by atoms with Gasteiger partial charge in [0.2, 0.25) is 0 Å². The van der Waals surface area contributed by atoms with Crippen molar-refractivity contribution in [3.05, 3.63) is 33.4 Å². The molecule has 1 aromatic carbocycles. The second kappa shape index (κ2) is 6.66. The van der Waals surface area contributed by atoms with Gasteiger partial charge in [0.1, 0.15) is 17.6 Å². The lowest BCUT2D eigenvalue weighted by Gasteiger charge is -2.13. The number of sulfone groups is 1. The molecule has 0 unspecified atom stereocenters. The highest BCUT2D eigenvalue weighted by Gasteiger charge is 2.48. The second-order valence-corrected chi connectivity index (χ2v) is 8.26. The van der Waals surface area contributed by atoms with E-state index in [0.717, 1.165) is 0 Å². The van der Waals surface area contributed by atoms with Crippen LogP contribution in [0.3, 0.4) is 0 Å². The van der Waals surface area contributed by atoms with Gasteiger partial charge in [0.15, 0.2) is 10.6 Å². The van der Waals surface area contributed by atoms with Gasteiger partial charge < -0.3 is 5.73 Å². The first-order valence-electron chi connectivity index (χ1n) is 6.29. The van der Waals surface area contributed by atoms with Gasteiger partial charge in [0.25, 0.3) is 9.84 Å². The monoisotopic (exact) mass is 468 g/mol. The minimum absolute atomic E-state index is 0.360. The third kappa shape index (κ3) is 3.64. The lowest BCUT2D eigenvalue weighted by Crippen LogP contribution is -2.23. The van der Waals surface area contributed by atoms with Gasteiger partial charge in [-0.1, -0.05) is 23.2 Å². The van der Waals surface area contributed by atoms with E-state index in [-0.39, 0.29) is 0 Å². The molecule has 2 aromatic rings. The molecule has 0 saturated carbocycles. The average molecular weight is 470 g/mol. The number of hydrogen-bond donors (Lipinski definition) is 1. The van der Waals surface area contributed by atoms with E-state index in [0.29, 0.717) is 16.8 Å². The van der Waals surface area contributed by atoms with Gasteiger partial charge in [-0.25, -0.2) is 13.1 Å². The molecule has 0 spiro atoms. The molecule has 0 aliphatic carbocycles. The second-order valence-electron chi connectivity index (χ2n) is 4.82. The topological polar surface area (TPSA) is 102 Å². The molecular formula is C12H4Cl3F5N4O2S. The van der Waals surface area contributed by atoms with E-state index < -0.39 is 58.4 Å². The molecule has 0 radical (unpaired) electrons. The summed E-state index contributed by atoms with van der Waals surface area (Å²) in [5.74, 6) is -1.05. The number of aromatic nitrogens is 2. The molecule has 0 aliphatic heterocycles. The Kier molecular flexibility index (Phi) is 5.30. The maximum Gasteiger partial charge on any atom is 0.427 e. The van der Waals surface area contributed by atoms with Crippen molar-refractivity contribution in [1.29, 1.82) is 5.26 Å². The largest absolute Gasteiger partial charge is 0.427 e. The summed E-state index contributed by atoms with van der Waals surface area (Å²) in [6, 6.07) is 2.09. The molecule has 146 valence electrons. The Hall–Kier alpha value is -1.81. The first-order valence-corrected chi connectivity index (χ1v) is 8.91. The molecule has 6 nitrogen and oxygen atoms in total. The molecule has 0 saturated heterocycles. The molecule has 15 heteroatoms. The smallest absolute Gasteiger partial charge is 0.382 e. The van der Waals surface area contributed by atoms with E-state index in [1.54, 1.807) is 0 Å². The Balaban J connectivity index is 2.83. The zero-order chi connectivity index (χ0) is 20.9. The van der Waals surface area contributed by atoms with Gasteiger partial charge in [-0.3, -0.25) is 0 Å². The van der Waals surface area contributed by atoms with Crippen molar-refractivity contribution in [2.24, 2.45) is 0 Å². The van der Waals surface area contributed by atoms with Crippen molar-refractivity contribution >= 4 is 50.5 Å². The first kappa shape index (κ1) is 21.5. The predicted octanol–water partition coefficient (Wildman–Crippen LogP) is 4.21. The Morgan fingerprint density at radius 3 is 2.00 bits per heavy atom. The average Bonchev–Trinajstić information content (AvgIpc) is 2.81. The van der Waals surface area contributed by atoms with Gasteiger partial charge in [-0.05, 0) is 23.7 Å². The number of halogens is 8. The van der Waals surface area contributed by atoms with Gasteiger partial charge in [-0.15, -0.1) is 0 Å². The fourth-order valence-electron chi connectivity index (χ4n) is 1.97. The minimum Gasteiger partial charge on any atom is -0.382 e. The molecule has 0 bridgehead atoms. The van der Waals surface area contributed by atoms with E-state index in [1.807, 2.05) is 0 Å². The van der Waals surface area contributed by atoms with Gasteiger partial charge in [-0.2, -0.15) is 32.3 Å². The zero-order valence-corrected chi connectivity index (χ0v) is 15.4. The molecule has 1 aromatic heterocycles. The van der Waals surface area contributed by atoms with E-state index in [1.165, 1.54) is 6.07 Å². The van der Waals surface area contributed by atoms with E-state index in [9.17, 15) is 30.4 Å². The summed E-state index contributed by atoms with van der Waals surface area (Å²) in [5.41, 5.74) is 2.61. The molecular weight excluding hydrogens is 466 g/mol. The van der Waals surface area contributed by atoms with Crippen molar-refractivity contribution in [3.63, 3.8) is 0 Å². The van der Waals surface area contributed by atoms with Crippen LogP contribution in [0.15, 0.2) is 17.0 Å². The maximum absolute atomic E-state index is 13.2. The van der Waals surface area contributed by atoms with Crippen molar-refractivity contribution in [2.45, 2.75) is 15.8 Å². The number of nitriles is 1. The van der Waals surface area contributed by atoms with Crippen LogP contribution in [-0.2, 0) is 16.0 Å². The number of anilines is 1. The highest BCUT2D eigenvalue weighted by Crippen LogP contribution is 2.41. The summed E-state index contributed by atoms with van der Waals surface area (Å²) in [6.07, 6.45) is -4.81. The fourth-order valence-corrected chi connectivity index (χ4v) is 3.79. The molecule has 0 atom stereocenters. The van der Waals surface area contributed by atoms with Crippen LogP contribution < -0.4 is 5.73 Å². The van der Waals surface area contributed by atoms with Crippen LogP contribution >= 0.6 is 34.8 Å². The highest BCUT2D eigenvalue weighted by molar-refractivity contribution is 7.94. The van der Waals surface area contributed by atoms with Crippen molar-refractivity contribution in [1.82, 2.24) is 9.78 Å². The standard InChI is InChI=1S/C12H4Cl3F5N4O2S/c13-5-1-4(11(16,17)18)2-6(14)8(5)24-10(22)9(7(3-21)23-24)27(25,26)12(15,19)20/h1-2H,22H2. The summed E-state index contributed by atoms with van der Waals surface area (Å²) in [4.78, 5) is -1.42. The molecule has 27 heavy (non-hydrogen) atoms. The number of nitrogens with zero attached hydrogens (tertiary/aromatic N) is 3. The van der Waals surface area contributed by atoms with E-state index >= 15 is 0 Å². The third-order valence-electron chi connectivity index (χ3n) is 3.11. The minimum atomic E-state index is -5.66. The molecule has 0 amide bonds. The van der Waals surface area contributed by atoms with Crippen LogP contribution in [0.5, 0.6) is 0 Å². The van der Waals surface area contributed by atoms with Crippen LogP contribution in [0.4, 0.5) is 27.8 Å². The molecule has 1 heterocycles. The first-order chi connectivity index (χ1) is 12.1. The summed E-state index contributed by atoms with van der Waals surface area (Å²) in [5, 5.41) is 11.0. The number of alkyl halides is 6. The maximum atomic E-state index is 13.2. The van der Waals surface area contributed by atoms with Crippen LogP contribution in [0.2, 0.25) is 10.0 Å².